The van der Waals surface area contributed by atoms with E-state index in [0.717, 1.165) is 52.7 Å². The largest absolute Gasteiger partial charge is 0.378 e. The van der Waals surface area contributed by atoms with Gasteiger partial charge < -0.3 is 19.9 Å². The molecule has 0 atom stereocenters. The highest BCUT2D eigenvalue weighted by molar-refractivity contribution is 7.20. The fourth-order valence-electron chi connectivity index (χ4n) is 3.67. The molecule has 0 radical (unpaired) electrons. The Bertz CT molecular complexity index is 1030. The van der Waals surface area contributed by atoms with Gasteiger partial charge in [0.2, 0.25) is 0 Å². The number of anilines is 2. The molecule has 3 aromatic rings. The Morgan fingerprint density at radius 2 is 1.93 bits per heavy atom. The summed E-state index contributed by atoms with van der Waals surface area (Å²) in [6.45, 7) is 8.18. The first-order valence-electron chi connectivity index (χ1n) is 10.2. The lowest BCUT2D eigenvalue weighted by Crippen LogP contribution is -2.37. The summed E-state index contributed by atoms with van der Waals surface area (Å²) in [6, 6.07) is 10.2. The second kappa shape index (κ2) is 8.97. The van der Waals surface area contributed by atoms with E-state index in [0.29, 0.717) is 24.6 Å². The number of aryl methyl sites for hydroxylation is 2. The third-order valence-electron chi connectivity index (χ3n) is 5.33. The van der Waals surface area contributed by atoms with Gasteiger partial charge in [-0.2, -0.15) is 0 Å². The monoisotopic (exact) mass is 425 g/mol. The van der Waals surface area contributed by atoms with Crippen molar-refractivity contribution in [3.8, 4) is 0 Å². The van der Waals surface area contributed by atoms with Gasteiger partial charge in [0, 0.05) is 38.9 Å². The molecule has 1 N–H and O–H groups in total. The molecule has 8 heteroatoms. The van der Waals surface area contributed by atoms with Crippen LogP contribution in [0.3, 0.4) is 0 Å². The molecule has 1 amide bonds. The minimum Gasteiger partial charge on any atom is -0.378 e. The van der Waals surface area contributed by atoms with Crippen LogP contribution in [0.4, 0.5) is 11.5 Å². The van der Waals surface area contributed by atoms with Crippen LogP contribution in [0.5, 0.6) is 0 Å². The van der Waals surface area contributed by atoms with Gasteiger partial charge in [0.15, 0.2) is 0 Å². The molecule has 1 aliphatic rings. The summed E-state index contributed by atoms with van der Waals surface area (Å²) in [5.74, 6) is 1.58. The molecular formula is C22H27N5O2S. The predicted molar refractivity (Wildman–Crippen MR) is 122 cm³/mol. The number of morpholine rings is 1. The van der Waals surface area contributed by atoms with Gasteiger partial charge in [-0.05, 0) is 31.5 Å². The molecule has 0 spiro atoms. The quantitative estimate of drug-likeness (QED) is 0.655. The molecule has 3 heterocycles. The summed E-state index contributed by atoms with van der Waals surface area (Å²) >= 11 is 1.44. The number of likely N-dealkylation sites (N-methyl/N-ethyl adjacent to an activating group) is 1. The number of hydrogen-bond donors (Lipinski definition) is 1. The number of hydrogen-bond acceptors (Lipinski definition) is 7. The second-order valence-electron chi connectivity index (χ2n) is 7.44. The van der Waals surface area contributed by atoms with Gasteiger partial charge in [-0.15, -0.1) is 11.3 Å². The predicted octanol–water partition coefficient (Wildman–Crippen LogP) is 3.01. The second-order valence-corrected chi connectivity index (χ2v) is 8.44. The maximum absolute atomic E-state index is 12.9. The smallest absolute Gasteiger partial charge is 0.261 e. The van der Waals surface area contributed by atoms with E-state index in [1.807, 2.05) is 39.1 Å². The number of amides is 1. The molecule has 1 saturated heterocycles. The molecule has 1 fully saturated rings. The maximum atomic E-state index is 12.9. The molecule has 7 nitrogen and oxygen atoms in total. The van der Waals surface area contributed by atoms with Crippen LogP contribution in [0.1, 0.15) is 21.1 Å². The average molecular weight is 426 g/mol. The number of para-hydroxylation sites is 1. The van der Waals surface area contributed by atoms with E-state index in [1.54, 1.807) is 0 Å². The first-order chi connectivity index (χ1) is 14.5. The van der Waals surface area contributed by atoms with Crippen LogP contribution in [0.25, 0.3) is 10.2 Å². The third kappa shape index (κ3) is 4.24. The zero-order valence-corrected chi connectivity index (χ0v) is 18.5. The van der Waals surface area contributed by atoms with E-state index in [9.17, 15) is 4.79 Å². The number of fused-ring (bicyclic) bond motifs is 1. The number of ether oxygens (including phenoxy) is 1. The summed E-state index contributed by atoms with van der Waals surface area (Å²) in [5.41, 5.74) is 2.08. The van der Waals surface area contributed by atoms with E-state index in [4.69, 9.17) is 9.72 Å². The maximum Gasteiger partial charge on any atom is 0.261 e. The Morgan fingerprint density at radius 3 is 2.67 bits per heavy atom. The Morgan fingerprint density at radius 1 is 1.20 bits per heavy atom. The molecule has 2 aromatic heterocycles. The van der Waals surface area contributed by atoms with Crippen LogP contribution < -0.4 is 15.1 Å². The van der Waals surface area contributed by atoms with Gasteiger partial charge in [-0.3, -0.25) is 4.79 Å². The van der Waals surface area contributed by atoms with Crippen molar-refractivity contribution in [3.63, 3.8) is 0 Å². The Kier molecular flexibility index (Phi) is 6.15. The summed E-state index contributed by atoms with van der Waals surface area (Å²) < 4.78 is 5.48. The third-order valence-corrected chi connectivity index (χ3v) is 6.51. The molecule has 4 rings (SSSR count). The number of rotatable bonds is 6. The number of aromatic nitrogens is 2. The SMILES string of the molecule is Cc1nc(N2CCOCC2)c2c(C)c(C(=O)NCCN(C)c3ccccc3)sc2n1. The Labute approximate surface area is 180 Å². The minimum absolute atomic E-state index is 0.0532. The van der Waals surface area contributed by atoms with Gasteiger partial charge in [0.05, 0.1) is 23.5 Å². The Balaban J connectivity index is 1.51. The van der Waals surface area contributed by atoms with Crippen LogP contribution in [0, 0.1) is 13.8 Å². The van der Waals surface area contributed by atoms with Crippen LogP contribution in [-0.2, 0) is 4.74 Å². The average Bonchev–Trinajstić information content (AvgIpc) is 3.10. The van der Waals surface area contributed by atoms with Crippen molar-refractivity contribution in [2.75, 3.05) is 56.2 Å². The number of carbonyl (C=O) groups excluding carboxylic acids is 1. The van der Waals surface area contributed by atoms with E-state index in [1.165, 1.54) is 11.3 Å². The summed E-state index contributed by atoms with van der Waals surface area (Å²) in [4.78, 5) is 28.2. The molecule has 0 saturated carbocycles. The molecule has 30 heavy (non-hydrogen) atoms. The van der Waals surface area contributed by atoms with Crippen LogP contribution in [0.2, 0.25) is 0 Å². The van der Waals surface area contributed by atoms with Crippen LogP contribution in [-0.4, -0.2) is 62.3 Å². The van der Waals surface area contributed by atoms with Gasteiger partial charge in [0.25, 0.3) is 5.91 Å². The summed E-state index contributed by atoms with van der Waals surface area (Å²) in [7, 11) is 2.03. The van der Waals surface area contributed by atoms with Gasteiger partial charge in [0.1, 0.15) is 16.5 Å². The van der Waals surface area contributed by atoms with Gasteiger partial charge in [-0.1, -0.05) is 18.2 Å². The fraction of sp³-hybridized carbons (Fsp3) is 0.409. The lowest BCUT2D eigenvalue weighted by Gasteiger charge is -2.28. The zero-order valence-electron chi connectivity index (χ0n) is 17.6. The van der Waals surface area contributed by atoms with Gasteiger partial charge >= 0.3 is 0 Å². The normalized spacial score (nSPS) is 14.2. The number of nitrogens with zero attached hydrogens (tertiary/aromatic N) is 4. The lowest BCUT2D eigenvalue weighted by molar-refractivity contribution is 0.0958. The van der Waals surface area contributed by atoms with Gasteiger partial charge in [-0.25, -0.2) is 9.97 Å². The molecule has 158 valence electrons. The van der Waals surface area contributed by atoms with E-state index in [-0.39, 0.29) is 5.91 Å². The highest BCUT2D eigenvalue weighted by atomic mass is 32.1. The number of benzene rings is 1. The van der Waals surface area contributed by atoms with Crippen LogP contribution in [0.15, 0.2) is 30.3 Å². The summed E-state index contributed by atoms with van der Waals surface area (Å²) in [6.07, 6.45) is 0. The molecule has 1 aromatic carbocycles. The van der Waals surface area contributed by atoms with E-state index >= 15 is 0 Å². The highest BCUT2D eigenvalue weighted by Gasteiger charge is 2.23. The minimum atomic E-state index is -0.0532. The number of carbonyl (C=O) groups is 1. The van der Waals surface area contributed by atoms with Crippen molar-refractivity contribution < 1.29 is 9.53 Å². The molecule has 0 bridgehead atoms. The molecule has 0 unspecified atom stereocenters. The summed E-state index contributed by atoms with van der Waals surface area (Å²) in [5, 5.41) is 4.05. The van der Waals surface area contributed by atoms with E-state index < -0.39 is 0 Å². The topological polar surface area (TPSA) is 70.6 Å². The number of nitrogens with one attached hydrogen (secondary N) is 1. The van der Waals surface area contributed by atoms with Crippen molar-refractivity contribution in [2.24, 2.45) is 0 Å². The zero-order chi connectivity index (χ0) is 21.1. The van der Waals surface area contributed by atoms with Crippen molar-refractivity contribution in [1.82, 2.24) is 15.3 Å². The lowest BCUT2D eigenvalue weighted by atomic mass is 10.2. The first kappa shape index (κ1) is 20.6. The fourth-order valence-corrected chi connectivity index (χ4v) is 4.81. The standard InChI is InChI=1S/C22H27N5O2S/c1-15-18-20(27-11-13-29-14-12-27)24-16(2)25-22(18)30-19(15)21(28)23-9-10-26(3)17-7-5-4-6-8-17/h4-8H,9-14H2,1-3H3,(H,23,28). The molecule has 1 aliphatic heterocycles. The van der Waals surface area contributed by atoms with Crippen molar-refractivity contribution in [1.29, 1.82) is 0 Å². The highest BCUT2D eigenvalue weighted by Crippen LogP contribution is 2.35. The van der Waals surface area contributed by atoms with E-state index in [2.05, 4.69) is 32.2 Å². The van der Waals surface area contributed by atoms with Crippen molar-refractivity contribution >= 4 is 39.0 Å². The van der Waals surface area contributed by atoms with Crippen molar-refractivity contribution in [2.45, 2.75) is 13.8 Å². The number of thiophene rings is 1. The van der Waals surface area contributed by atoms with Crippen LogP contribution >= 0.6 is 11.3 Å². The Hall–Kier alpha value is -2.71. The van der Waals surface area contributed by atoms with Crippen molar-refractivity contribution in [3.05, 3.63) is 46.6 Å². The molecular weight excluding hydrogens is 398 g/mol. The first-order valence-corrected chi connectivity index (χ1v) is 11.0. The molecule has 0 aliphatic carbocycles.